The molecular formula is C21H28N2O5. The van der Waals surface area contributed by atoms with Crippen LogP contribution >= 0.6 is 0 Å². The maximum absolute atomic E-state index is 13.1. The van der Waals surface area contributed by atoms with Crippen molar-refractivity contribution in [3.05, 3.63) is 35.5 Å². The van der Waals surface area contributed by atoms with Crippen LogP contribution in [0, 0.1) is 5.92 Å². The number of nitrogens with zero attached hydrogens (tertiary/aromatic N) is 2. The Balaban J connectivity index is 1.91. The van der Waals surface area contributed by atoms with E-state index in [0.29, 0.717) is 56.7 Å². The van der Waals surface area contributed by atoms with E-state index in [1.807, 2.05) is 29.2 Å². The molecule has 1 aromatic rings. The van der Waals surface area contributed by atoms with E-state index in [2.05, 4.69) is 13.8 Å². The lowest BCUT2D eigenvalue weighted by Crippen LogP contribution is -2.41. The SMILES string of the molecule is COCCN1C(=O)C(c2ccc(OCC(C)C)cc2)=C(N2CCOCC2)C1=O. The Morgan fingerprint density at radius 3 is 2.36 bits per heavy atom. The van der Waals surface area contributed by atoms with Gasteiger partial charge >= 0.3 is 0 Å². The molecular weight excluding hydrogens is 360 g/mol. The van der Waals surface area contributed by atoms with Gasteiger partial charge in [-0.3, -0.25) is 14.5 Å². The topological polar surface area (TPSA) is 68.3 Å². The van der Waals surface area contributed by atoms with Gasteiger partial charge in [0, 0.05) is 20.2 Å². The number of carbonyl (C=O) groups is 2. The second kappa shape index (κ2) is 9.21. The monoisotopic (exact) mass is 388 g/mol. The molecule has 2 aliphatic rings. The summed E-state index contributed by atoms with van der Waals surface area (Å²) >= 11 is 0. The lowest BCUT2D eigenvalue weighted by Gasteiger charge is -2.29. The maximum Gasteiger partial charge on any atom is 0.277 e. The third kappa shape index (κ3) is 4.36. The minimum Gasteiger partial charge on any atom is -0.493 e. The smallest absolute Gasteiger partial charge is 0.277 e. The third-order valence-corrected chi connectivity index (χ3v) is 4.72. The fraction of sp³-hybridized carbons (Fsp3) is 0.524. The van der Waals surface area contributed by atoms with Gasteiger partial charge < -0.3 is 19.1 Å². The fourth-order valence-electron chi connectivity index (χ4n) is 3.27. The highest BCUT2D eigenvalue weighted by molar-refractivity contribution is 6.35. The van der Waals surface area contributed by atoms with Crippen LogP contribution < -0.4 is 4.74 Å². The van der Waals surface area contributed by atoms with E-state index in [-0.39, 0.29) is 18.4 Å². The molecule has 2 heterocycles. The lowest BCUT2D eigenvalue weighted by atomic mass is 10.0. The Kier molecular flexibility index (Phi) is 6.70. The molecule has 28 heavy (non-hydrogen) atoms. The molecule has 0 atom stereocenters. The number of benzene rings is 1. The molecule has 2 amide bonds. The van der Waals surface area contributed by atoms with Crippen LogP contribution in [0.1, 0.15) is 19.4 Å². The van der Waals surface area contributed by atoms with Gasteiger partial charge in [-0.25, -0.2) is 0 Å². The van der Waals surface area contributed by atoms with E-state index >= 15 is 0 Å². The molecule has 0 radical (unpaired) electrons. The second-order valence-corrected chi connectivity index (χ2v) is 7.31. The van der Waals surface area contributed by atoms with Gasteiger partial charge in [0.15, 0.2) is 0 Å². The Labute approximate surface area is 165 Å². The van der Waals surface area contributed by atoms with E-state index in [9.17, 15) is 9.59 Å². The molecule has 0 spiro atoms. The van der Waals surface area contributed by atoms with Crippen molar-refractivity contribution in [2.75, 3.05) is 53.2 Å². The van der Waals surface area contributed by atoms with Gasteiger partial charge in [0.25, 0.3) is 11.8 Å². The van der Waals surface area contributed by atoms with Crippen molar-refractivity contribution in [2.24, 2.45) is 5.92 Å². The van der Waals surface area contributed by atoms with Crippen LogP contribution in [0.25, 0.3) is 5.57 Å². The van der Waals surface area contributed by atoms with Crippen LogP contribution in [0.2, 0.25) is 0 Å². The first-order valence-electron chi connectivity index (χ1n) is 9.68. The summed E-state index contributed by atoms with van der Waals surface area (Å²) in [6, 6.07) is 7.38. The molecule has 0 aliphatic carbocycles. The Morgan fingerprint density at radius 2 is 1.75 bits per heavy atom. The minimum absolute atomic E-state index is 0.237. The Bertz CT molecular complexity index is 736. The predicted octanol–water partition coefficient (Wildman–Crippen LogP) is 1.78. The predicted molar refractivity (Wildman–Crippen MR) is 105 cm³/mol. The molecule has 1 fully saturated rings. The van der Waals surface area contributed by atoms with E-state index in [1.165, 1.54) is 4.90 Å². The van der Waals surface area contributed by atoms with Gasteiger partial charge in [-0.2, -0.15) is 0 Å². The molecule has 152 valence electrons. The molecule has 0 bridgehead atoms. The maximum atomic E-state index is 13.1. The fourth-order valence-corrected chi connectivity index (χ4v) is 3.27. The third-order valence-electron chi connectivity index (χ3n) is 4.72. The quantitative estimate of drug-likeness (QED) is 0.633. The van der Waals surface area contributed by atoms with Crippen LogP contribution in [0.5, 0.6) is 5.75 Å². The Hall–Kier alpha value is -2.38. The molecule has 1 aromatic carbocycles. The van der Waals surface area contributed by atoms with Crippen LogP contribution in [-0.4, -0.2) is 74.8 Å². The summed E-state index contributed by atoms with van der Waals surface area (Å²) < 4.78 is 16.2. The summed E-state index contributed by atoms with van der Waals surface area (Å²) in [7, 11) is 1.55. The molecule has 0 unspecified atom stereocenters. The minimum atomic E-state index is -0.278. The van der Waals surface area contributed by atoms with Crippen molar-refractivity contribution in [3.8, 4) is 5.75 Å². The number of imide groups is 1. The number of amides is 2. The van der Waals surface area contributed by atoms with Gasteiger partial charge in [-0.15, -0.1) is 0 Å². The average molecular weight is 388 g/mol. The largest absolute Gasteiger partial charge is 0.493 e. The molecule has 1 saturated heterocycles. The molecule has 2 aliphatic heterocycles. The van der Waals surface area contributed by atoms with Gasteiger partial charge in [-0.1, -0.05) is 26.0 Å². The molecule has 0 aromatic heterocycles. The first-order chi connectivity index (χ1) is 13.5. The van der Waals surface area contributed by atoms with Crippen molar-refractivity contribution >= 4 is 17.4 Å². The summed E-state index contributed by atoms with van der Waals surface area (Å²) in [4.78, 5) is 29.3. The summed E-state index contributed by atoms with van der Waals surface area (Å²) in [5, 5.41) is 0. The normalized spacial score (nSPS) is 17.9. The zero-order chi connectivity index (χ0) is 20.1. The van der Waals surface area contributed by atoms with Gasteiger partial charge in [0.1, 0.15) is 11.4 Å². The highest BCUT2D eigenvalue weighted by Crippen LogP contribution is 2.32. The standard InChI is InChI=1S/C21H28N2O5/c1-15(2)14-28-17-6-4-16(5-7-17)18-19(22-8-12-27-13-9-22)21(25)23(20(18)24)10-11-26-3/h4-7,15H,8-14H2,1-3H3. The number of hydrogen-bond acceptors (Lipinski definition) is 6. The summed E-state index contributed by atoms with van der Waals surface area (Å²) in [6.45, 7) is 7.61. The highest BCUT2D eigenvalue weighted by atomic mass is 16.5. The zero-order valence-corrected chi connectivity index (χ0v) is 16.8. The first kappa shape index (κ1) is 20.4. The molecule has 7 nitrogen and oxygen atoms in total. The Morgan fingerprint density at radius 1 is 1.07 bits per heavy atom. The van der Waals surface area contributed by atoms with Crippen LogP contribution in [0.4, 0.5) is 0 Å². The number of morpholine rings is 1. The molecule has 7 heteroatoms. The molecule has 3 rings (SSSR count). The van der Waals surface area contributed by atoms with Crippen molar-refractivity contribution in [1.29, 1.82) is 0 Å². The van der Waals surface area contributed by atoms with E-state index in [1.54, 1.807) is 7.11 Å². The van der Waals surface area contributed by atoms with E-state index in [4.69, 9.17) is 14.2 Å². The molecule has 0 N–H and O–H groups in total. The average Bonchev–Trinajstić information content (AvgIpc) is 2.95. The second-order valence-electron chi connectivity index (χ2n) is 7.31. The van der Waals surface area contributed by atoms with Crippen LogP contribution in [-0.2, 0) is 19.1 Å². The summed E-state index contributed by atoms with van der Waals surface area (Å²) in [5.41, 5.74) is 1.62. The summed E-state index contributed by atoms with van der Waals surface area (Å²) in [6.07, 6.45) is 0. The highest BCUT2D eigenvalue weighted by Gasteiger charge is 2.41. The lowest BCUT2D eigenvalue weighted by molar-refractivity contribution is -0.138. The van der Waals surface area contributed by atoms with Gasteiger partial charge in [0.2, 0.25) is 0 Å². The van der Waals surface area contributed by atoms with E-state index in [0.717, 1.165) is 11.3 Å². The molecule has 0 saturated carbocycles. The van der Waals surface area contributed by atoms with Crippen LogP contribution in [0.3, 0.4) is 0 Å². The number of carbonyl (C=O) groups excluding carboxylic acids is 2. The van der Waals surface area contributed by atoms with Crippen molar-refractivity contribution < 1.29 is 23.8 Å². The van der Waals surface area contributed by atoms with Crippen molar-refractivity contribution in [1.82, 2.24) is 9.80 Å². The number of ether oxygens (including phenoxy) is 3. The van der Waals surface area contributed by atoms with Gasteiger partial charge in [-0.05, 0) is 23.6 Å². The number of methoxy groups -OCH3 is 1. The first-order valence-corrected chi connectivity index (χ1v) is 9.68. The van der Waals surface area contributed by atoms with E-state index < -0.39 is 0 Å². The van der Waals surface area contributed by atoms with Crippen molar-refractivity contribution in [3.63, 3.8) is 0 Å². The van der Waals surface area contributed by atoms with Crippen molar-refractivity contribution in [2.45, 2.75) is 13.8 Å². The zero-order valence-electron chi connectivity index (χ0n) is 16.8. The summed E-state index contributed by atoms with van der Waals surface area (Å²) in [5.74, 6) is 0.635. The number of rotatable bonds is 8. The van der Waals surface area contributed by atoms with Crippen LogP contribution in [0.15, 0.2) is 30.0 Å². The number of hydrogen-bond donors (Lipinski definition) is 0. The van der Waals surface area contributed by atoms with Gasteiger partial charge in [0.05, 0.1) is 38.5 Å².